The van der Waals surface area contributed by atoms with Gasteiger partial charge in [0.2, 0.25) is 5.91 Å². The lowest BCUT2D eigenvalue weighted by molar-refractivity contribution is -0.117. The molecule has 0 saturated carbocycles. The Bertz CT molecular complexity index is 1280. The number of carbonyl (C=O) groups is 1. The van der Waals surface area contributed by atoms with Crippen LogP contribution in [-0.4, -0.2) is 65.3 Å². The number of nitrogens with one attached hydrogen (secondary N) is 1. The Balaban J connectivity index is 1.35. The molecule has 0 radical (unpaired) electrons. The SMILES string of the molecule is CN1CCN(CC(NC(=O)/C=C/c2cn(-c3ccccc3)nc2-c2cccs2)c2ccccc2)CC1. The molecule has 0 bridgehead atoms. The fourth-order valence-electron chi connectivity index (χ4n) is 4.42. The minimum Gasteiger partial charge on any atom is -0.344 e. The predicted octanol–water partition coefficient (Wildman–Crippen LogP) is 4.72. The second-order valence-electron chi connectivity index (χ2n) is 9.10. The normalized spacial score (nSPS) is 15.8. The number of benzene rings is 2. The van der Waals surface area contributed by atoms with Gasteiger partial charge < -0.3 is 10.2 Å². The molecule has 1 amide bonds. The van der Waals surface area contributed by atoms with Crippen LogP contribution < -0.4 is 5.32 Å². The molecule has 36 heavy (non-hydrogen) atoms. The zero-order valence-electron chi connectivity index (χ0n) is 20.5. The first-order valence-electron chi connectivity index (χ1n) is 12.3. The van der Waals surface area contributed by atoms with Crippen molar-refractivity contribution in [1.29, 1.82) is 0 Å². The number of para-hydroxylation sites is 1. The molecule has 1 N–H and O–H groups in total. The average Bonchev–Trinajstić information content (AvgIpc) is 3.60. The maximum absolute atomic E-state index is 13.1. The number of nitrogens with zero attached hydrogens (tertiary/aromatic N) is 4. The van der Waals surface area contributed by atoms with Crippen LogP contribution >= 0.6 is 11.3 Å². The Morgan fingerprint density at radius 1 is 1.00 bits per heavy atom. The van der Waals surface area contributed by atoms with E-state index in [1.54, 1.807) is 17.4 Å². The van der Waals surface area contributed by atoms with Crippen LogP contribution in [0.5, 0.6) is 0 Å². The van der Waals surface area contributed by atoms with Gasteiger partial charge in [-0.25, -0.2) is 4.68 Å². The van der Waals surface area contributed by atoms with Crippen molar-refractivity contribution in [3.8, 4) is 16.3 Å². The number of hydrogen-bond donors (Lipinski definition) is 1. The van der Waals surface area contributed by atoms with E-state index in [9.17, 15) is 4.79 Å². The number of likely N-dealkylation sites (N-methyl/N-ethyl adjacent to an activating group) is 1. The van der Waals surface area contributed by atoms with Gasteiger partial charge in [0.25, 0.3) is 0 Å². The molecule has 1 aliphatic rings. The molecule has 1 atom stereocenters. The van der Waals surface area contributed by atoms with Crippen LogP contribution in [0.2, 0.25) is 0 Å². The van der Waals surface area contributed by atoms with E-state index in [4.69, 9.17) is 5.10 Å². The van der Waals surface area contributed by atoms with Gasteiger partial charge in [-0.1, -0.05) is 54.6 Å². The van der Waals surface area contributed by atoms with Gasteiger partial charge in [0.15, 0.2) is 0 Å². The molecule has 5 rings (SSSR count). The van der Waals surface area contributed by atoms with Gasteiger partial charge in [0.1, 0.15) is 5.69 Å². The minimum atomic E-state index is -0.109. The van der Waals surface area contributed by atoms with Crippen molar-refractivity contribution in [3.63, 3.8) is 0 Å². The molecule has 2 aromatic heterocycles. The maximum atomic E-state index is 13.1. The van der Waals surface area contributed by atoms with E-state index in [1.165, 1.54) is 0 Å². The first-order valence-corrected chi connectivity index (χ1v) is 13.2. The highest BCUT2D eigenvalue weighted by atomic mass is 32.1. The van der Waals surface area contributed by atoms with Crippen LogP contribution in [0.15, 0.2) is 90.4 Å². The van der Waals surface area contributed by atoms with Crippen LogP contribution in [0.25, 0.3) is 22.3 Å². The molecule has 1 saturated heterocycles. The quantitative estimate of drug-likeness (QED) is 0.358. The third-order valence-electron chi connectivity index (χ3n) is 6.49. The van der Waals surface area contributed by atoms with Crippen LogP contribution in [0.4, 0.5) is 0 Å². The van der Waals surface area contributed by atoms with E-state index >= 15 is 0 Å². The molecule has 1 fully saturated rings. The first-order chi connectivity index (χ1) is 17.7. The van der Waals surface area contributed by atoms with Gasteiger partial charge in [0, 0.05) is 50.6 Å². The van der Waals surface area contributed by atoms with Gasteiger partial charge in [0.05, 0.1) is 16.6 Å². The fraction of sp³-hybridized carbons (Fsp3) is 0.241. The van der Waals surface area contributed by atoms with Gasteiger partial charge in [-0.2, -0.15) is 5.10 Å². The monoisotopic (exact) mass is 497 g/mol. The van der Waals surface area contributed by atoms with Crippen molar-refractivity contribution in [2.24, 2.45) is 0 Å². The molecule has 2 aromatic carbocycles. The number of thiophene rings is 1. The number of rotatable bonds is 8. The Morgan fingerprint density at radius 3 is 2.42 bits per heavy atom. The lowest BCUT2D eigenvalue weighted by Crippen LogP contribution is -2.47. The highest BCUT2D eigenvalue weighted by molar-refractivity contribution is 7.13. The molecule has 4 aromatic rings. The number of aromatic nitrogens is 2. The van der Waals surface area contributed by atoms with E-state index in [0.29, 0.717) is 0 Å². The minimum absolute atomic E-state index is 0.0736. The Hall–Kier alpha value is -3.52. The molecular formula is C29H31N5OS. The van der Waals surface area contributed by atoms with Crippen molar-refractivity contribution < 1.29 is 4.79 Å². The third-order valence-corrected chi connectivity index (χ3v) is 7.36. The van der Waals surface area contributed by atoms with Crippen LogP contribution in [0.1, 0.15) is 17.2 Å². The number of amides is 1. The van der Waals surface area contributed by atoms with Gasteiger partial charge >= 0.3 is 0 Å². The summed E-state index contributed by atoms with van der Waals surface area (Å²) in [4.78, 5) is 19.0. The highest BCUT2D eigenvalue weighted by Crippen LogP contribution is 2.28. The summed E-state index contributed by atoms with van der Waals surface area (Å²) in [6.07, 6.45) is 5.48. The fourth-order valence-corrected chi connectivity index (χ4v) is 5.15. The standard InChI is InChI=1S/C29H31N5OS/c1-32-16-18-33(19-17-32)22-26(23-9-4-2-5-10-23)30-28(35)15-14-24-21-34(25-11-6-3-7-12-25)31-29(24)27-13-8-20-36-27/h2-15,20-21,26H,16-19,22H2,1H3,(H,30,35)/b15-14+. The lowest BCUT2D eigenvalue weighted by atomic mass is 10.1. The lowest BCUT2D eigenvalue weighted by Gasteiger charge is -2.34. The van der Waals surface area contributed by atoms with Crippen LogP contribution in [0, 0.1) is 0 Å². The smallest absolute Gasteiger partial charge is 0.244 e. The molecule has 7 heteroatoms. The van der Waals surface area contributed by atoms with E-state index in [-0.39, 0.29) is 11.9 Å². The zero-order chi connectivity index (χ0) is 24.7. The molecule has 184 valence electrons. The number of piperazine rings is 1. The molecule has 1 unspecified atom stereocenters. The van der Waals surface area contributed by atoms with Crippen LogP contribution in [-0.2, 0) is 4.79 Å². The van der Waals surface area contributed by atoms with Crippen molar-refractivity contribution in [3.05, 3.63) is 102 Å². The molecule has 3 heterocycles. The van der Waals surface area contributed by atoms with E-state index in [1.807, 2.05) is 76.9 Å². The van der Waals surface area contributed by atoms with Gasteiger partial charge in [-0.15, -0.1) is 11.3 Å². The molecule has 0 aliphatic carbocycles. The molecule has 0 spiro atoms. The van der Waals surface area contributed by atoms with Gasteiger partial charge in [-0.3, -0.25) is 9.69 Å². The Kier molecular flexibility index (Phi) is 7.71. The maximum Gasteiger partial charge on any atom is 0.244 e. The largest absolute Gasteiger partial charge is 0.344 e. The molecular weight excluding hydrogens is 466 g/mol. The van der Waals surface area contributed by atoms with Crippen molar-refractivity contribution in [1.82, 2.24) is 24.9 Å². The molecule has 1 aliphatic heterocycles. The van der Waals surface area contributed by atoms with E-state index in [0.717, 1.165) is 60.1 Å². The summed E-state index contributed by atoms with van der Waals surface area (Å²) < 4.78 is 1.87. The van der Waals surface area contributed by atoms with Crippen molar-refractivity contribution in [2.75, 3.05) is 39.8 Å². The summed E-state index contributed by atoms with van der Waals surface area (Å²) in [5.41, 5.74) is 3.88. The zero-order valence-corrected chi connectivity index (χ0v) is 21.3. The number of carbonyl (C=O) groups excluding carboxylic acids is 1. The molecule has 6 nitrogen and oxygen atoms in total. The van der Waals surface area contributed by atoms with Crippen molar-refractivity contribution in [2.45, 2.75) is 6.04 Å². The highest BCUT2D eigenvalue weighted by Gasteiger charge is 2.21. The second kappa shape index (κ2) is 11.5. The summed E-state index contributed by atoms with van der Waals surface area (Å²) in [5, 5.41) is 10.1. The summed E-state index contributed by atoms with van der Waals surface area (Å²) in [6, 6.07) is 24.3. The Labute approximate surface area is 216 Å². The van der Waals surface area contributed by atoms with E-state index < -0.39 is 0 Å². The summed E-state index contributed by atoms with van der Waals surface area (Å²) in [7, 11) is 2.16. The van der Waals surface area contributed by atoms with Crippen molar-refractivity contribution >= 4 is 23.3 Å². The summed E-state index contributed by atoms with van der Waals surface area (Å²) in [6.45, 7) is 4.91. The summed E-state index contributed by atoms with van der Waals surface area (Å²) >= 11 is 1.64. The second-order valence-corrected chi connectivity index (χ2v) is 10.0. The predicted molar refractivity (Wildman–Crippen MR) is 147 cm³/mol. The van der Waals surface area contributed by atoms with Gasteiger partial charge in [-0.05, 0) is 42.3 Å². The first kappa shape index (κ1) is 24.2. The summed E-state index contributed by atoms with van der Waals surface area (Å²) in [5.74, 6) is -0.109. The third kappa shape index (κ3) is 5.99. The number of hydrogen-bond acceptors (Lipinski definition) is 5. The Morgan fingerprint density at radius 2 is 1.72 bits per heavy atom. The average molecular weight is 498 g/mol. The topological polar surface area (TPSA) is 53.4 Å². The van der Waals surface area contributed by atoms with E-state index in [2.05, 4.69) is 40.4 Å². The van der Waals surface area contributed by atoms with Crippen LogP contribution in [0.3, 0.4) is 0 Å².